The van der Waals surface area contributed by atoms with Crippen LogP contribution in [0.5, 0.6) is 0 Å². The lowest BCUT2D eigenvalue weighted by Crippen LogP contribution is -2.50. The molecule has 0 unspecified atom stereocenters. The summed E-state index contributed by atoms with van der Waals surface area (Å²) in [5, 5.41) is 10.9. The molecular weight excluding hydrogens is 420 g/mol. The number of H-pyrrole nitrogens is 1. The first kappa shape index (κ1) is 18.9. The zero-order valence-corrected chi connectivity index (χ0v) is 17.5. The van der Waals surface area contributed by atoms with Gasteiger partial charge in [-0.1, -0.05) is 0 Å². The molecule has 1 aliphatic rings. The van der Waals surface area contributed by atoms with Crippen LogP contribution in [0, 0.1) is 6.92 Å². The third-order valence-electron chi connectivity index (χ3n) is 5.34. The van der Waals surface area contributed by atoms with E-state index in [1.54, 1.807) is 10.9 Å². The summed E-state index contributed by atoms with van der Waals surface area (Å²) in [7, 11) is 1.89. The minimum absolute atomic E-state index is 0.0270. The van der Waals surface area contributed by atoms with Crippen LogP contribution in [0.15, 0.2) is 41.3 Å². The van der Waals surface area contributed by atoms with Crippen molar-refractivity contribution >= 4 is 21.8 Å². The van der Waals surface area contributed by atoms with E-state index in [-0.39, 0.29) is 17.9 Å². The summed E-state index contributed by atoms with van der Waals surface area (Å²) in [6.07, 6.45) is 6.35. The molecule has 4 rings (SSSR count). The molecule has 0 spiro atoms. The van der Waals surface area contributed by atoms with Gasteiger partial charge in [-0.05, 0) is 59.6 Å². The Morgan fingerprint density at radius 2 is 2.14 bits per heavy atom. The summed E-state index contributed by atoms with van der Waals surface area (Å²) >= 11 is 3.54. The number of hydrogen-bond acceptors (Lipinski definition) is 4. The Balaban J connectivity index is 1.56. The SMILES string of the molecule is Cc1[nH]c(C(=O)N[C@H]2CNCC[C@@H]2c2ccncc2)cc1-c1c(Br)cnn1C. The summed E-state index contributed by atoms with van der Waals surface area (Å²) in [6, 6.07) is 5.99. The van der Waals surface area contributed by atoms with Gasteiger partial charge in [-0.15, -0.1) is 0 Å². The predicted molar refractivity (Wildman–Crippen MR) is 111 cm³/mol. The first-order valence-corrected chi connectivity index (χ1v) is 10.1. The zero-order chi connectivity index (χ0) is 19.7. The zero-order valence-electron chi connectivity index (χ0n) is 15.9. The molecule has 0 saturated carbocycles. The molecule has 3 N–H and O–H groups in total. The lowest BCUT2D eigenvalue weighted by Gasteiger charge is -2.33. The lowest BCUT2D eigenvalue weighted by atomic mass is 9.86. The van der Waals surface area contributed by atoms with E-state index in [0.717, 1.165) is 40.9 Å². The van der Waals surface area contributed by atoms with Crippen molar-refractivity contribution in [3.05, 3.63) is 58.2 Å². The van der Waals surface area contributed by atoms with Crippen molar-refractivity contribution in [2.24, 2.45) is 7.05 Å². The summed E-state index contributed by atoms with van der Waals surface area (Å²) in [5.41, 5.74) is 4.61. The number of nitrogens with one attached hydrogen (secondary N) is 3. The number of piperidine rings is 1. The van der Waals surface area contributed by atoms with E-state index in [2.05, 4.69) is 41.6 Å². The second-order valence-electron chi connectivity index (χ2n) is 7.15. The molecule has 7 nitrogen and oxygen atoms in total. The maximum atomic E-state index is 13.0. The van der Waals surface area contributed by atoms with Crippen molar-refractivity contribution in [3.63, 3.8) is 0 Å². The molecular formula is C20H23BrN6O. The second-order valence-corrected chi connectivity index (χ2v) is 8.00. The van der Waals surface area contributed by atoms with Gasteiger partial charge in [-0.25, -0.2) is 0 Å². The molecule has 1 amide bonds. The minimum atomic E-state index is -0.0969. The van der Waals surface area contributed by atoms with Crippen LogP contribution < -0.4 is 10.6 Å². The van der Waals surface area contributed by atoms with Crippen LogP contribution in [0.4, 0.5) is 0 Å². The summed E-state index contributed by atoms with van der Waals surface area (Å²) in [4.78, 5) is 20.3. The van der Waals surface area contributed by atoms with Gasteiger partial charge in [0.15, 0.2) is 0 Å². The third kappa shape index (κ3) is 3.62. The molecule has 1 fully saturated rings. The molecule has 0 aliphatic carbocycles. The van der Waals surface area contributed by atoms with Gasteiger partial charge < -0.3 is 15.6 Å². The summed E-state index contributed by atoms with van der Waals surface area (Å²) in [5.74, 6) is 0.176. The molecule has 1 saturated heterocycles. The molecule has 0 aromatic carbocycles. The van der Waals surface area contributed by atoms with Crippen LogP contribution in [0.3, 0.4) is 0 Å². The van der Waals surface area contributed by atoms with Gasteiger partial charge in [0.2, 0.25) is 0 Å². The van der Waals surface area contributed by atoms with E-state index < -0.39 is 0 Å². The Labute approximate surface area is 172 Å². The van der Waals surface area contributed by atoms with Gasteiger partial charge in [0.25, 0.3) is 5.91 Å². The van der Waals surface area contributed by atoms with E-state index in [9.17, 15) is 4.79 Å². The fourth-order valence-electron chi connectivity index (χ4n) is 3.91. The summed E-state index contributed by atoms with van der Waals surface area (Å²) < 4.78 is 2.70. The molecule has 1 aliphatic heterocycles. The number of aryl methyl sites for hydroxylation is 2. The number of carbonyl (C=O) groups excluding carboxylic acids is 1. The average Bonchev–Trinajstić information content (AvgIpc) is 3.24. The number of halogens is 1. The van der Waals surface area contributed by atoms with Crippen molar-refractivity contribution in [2.45, 2.75) is 25.3 Å². The number of nitrogens with zero attached hydrogens (tertiary/aromatic N) is 3. The minimum Gasteiger partial charge on any atom is -0.354 e. The van der Waals surface area contributed by atoms with E-state index in [1.165, 1.54) is 5.56 Å². The highest BCUT2D eigenvalue weighted by atomic mass is 79.9. The normalized spacial score (nSPS) is 19.5. The molecule has 28 heavy (non-hydrogen) atoms. The molecule has 2 atom stereocenters. The highest BCUT2D eigenvalue weighted by Gasteiger charge is 2.28. The highest BCUT2D eigenvalue weighted by molar-refractivity contribution is 9.10. The monoisotopic (exact) mass is 442 g/mol. The Bertz CT molecular complexity index is 961. The van der Waals surface area contributed by atoms with Gasteiger partial charge in [0.1, 0.15) is 5.69 Å². The summed E-state index contributed by atoms with van der Waals surface area (Å²) in [6.45, 7) is 3.66. The van der Waals surface area contributed by atoms with Crippen molar-refractivity contribution in [1.82, 2.24) is 30.4 Å². The molecule has 146 valence electrons. The molecule has 3 aromatic heterocycles. The Kier molecular flexibility index (Phi) is 5.32. The van der Waals surface area contributed by atoms with Gasteiger partial charge >= 0.3 is 0 Å². The number of aromatic nitrogens is 4. The first-order valence-electron chi connectivity index (χ1n) is 9.33. The van der Waals surface area contributed by atoms with E-state index >= 15 is 0 Å². The third-order valence-corrected chi connectivity index (χ3v) is 5.92. The highest BCUT2D eigenvalue weighted by Crippen LogP contribution is 2.31. The van der Waals surface area contributed by atoms with Crippen molar-refractivity contribution in [2.75, 3.05) is 13.1 Å². The quantitative estimate of drug-likeness (QED) is 0.579. The topological polar surface area (TPSA) is 87.6 Å². The number of rotatable bonds is 4. The Morgan fingerprint density at radius 1 is 1.36 bits per heavy atom. The fourth-order valence-corrected chi connectivity index (χ4v) is 4.47. The van der Waals surface area contributed by atoms with Gasteiger partial charge in [0, 0.05) is 49.2 Å². The van der Waals surface area contributed by atoms with Crippen LogP contribution in [-0.2, 0) is 7.05 Å². The molecule has 4 heterocycles. The van der Waals surface area contributed by atoms with Crippen molar-refractivity contribution in [3.8, 4) is 11.3 Å². The van der Waals surface area contributed by atoms with Crippen molar-refractivity contribution < 1.29 is 4.79 Å². The number of carbonyl (C=O) groups is 1. The van der Waals surface area contributed by atoms with E-state index in [0.29, 0.717) is 5.69 Å². The molecule has 8 heteroatoms. The van der Waals surface area contributed by atoms with Crippen LogP contribution in [-0.4, -0.2) is 44.8 Å². The Morgan fingerprint density at radius 3 is 2.86 bits per heavy atom. The molecule has 0 radical (unpaired) electrons. The maximum Gasteiger partial charge on any atom is 0.268 e. The standard InChI is InChI=1S/C20H23BrN6O/c1-12-15(19-16(21)10-24-27(19)2)9-17(25-12)20(28)26-18-11-23-8-5-14(18)13-3-6-22-7-4-13/h3-4,6-7,9-10,14,18,23,25H,5,8,11H2,1-2H3,(H,26,28)/t14-,18+/m1/s1. The Hall–Kier alpha value is -2.45. The van der Waals surface area contributed by atoms with Crippen LogP contribution in [0.25, 0.3) is 11.3 Å². The van der Waals surface area contributed by atoms with Crippen LogP contribution >= 0.6 is 15.9 Å². The number of hydrogen-bond donors (Lipinski definition) is 3. The molecule has 0 bridgehead atoms. The van der Waals surface area contributed by atoms with Gasteiger partial charge in [0.05, 0.1) is 16.4 Å². The fraction of sp³-hybridized carbons (Fsp3) is 0.350. The lowest BCUT2D eigenvalue weighted by molar-refractivity contribution is 0.0920. The predicted octanol–water partition coefficient (Wildman–Crippen LogP) is 2.76. The smallest absolute Gasteiger partial charge is 0.268 e. The van der Waals surface area contributed by atoms with Gasteiger partial charge in [-0.3, -0.25) is 14.5 Å². The number of amides is 1. The van der Waals surface area contributed by atoms with Crippen LogP contribution in [0.1, 0.15) is 34.1 Å². The average molecular weight is 443 g/mol. The largest absolute Gasteiger partial charge is 0.354 e. The number of aromatic amines is 1. The first-order chi connectivity index (χ1) is 13.5. The second kappa shape index (κ2) is 7.89. The van der Waals surface area contributed by atoms with E-state index in [4.69, 9.17) is 0 Å². The van der Waals surface area contributed by atoms with E-state index in [1.807, 2.05) is 44.6 Å². The molecule has 3 aromatic rings. The maximum absolute atomic E-state index is 13.0. The number of pyridine rings is 1. The van der Waals surface area contributed by atoms with Crippen LogP contribution in [0.2, 0.25) is 0 Å². The van der Waals surface area contributed by atoms with Gasteiger partial charge in [-0.2, -0.15) is 5.10 Å². The van der Waals surface area contributed by atoms with Crippen molar-refractivity contribution in [1.29, 1.82) is 0 Å².